The molecule has 2 fully saturated rings. The molecule has 14 heavy (non-hydrogen) atoms. The molecule has 1 saturated heterocycles. The molecular weight excluding hydrogens is 184 g/mol. The molecule has 1 aliphatic heterocycles. The van der Waals surface area contributed by atoms with Crippen molar-refractivity contribution in [3.63, 3.8) is 0 Å². The molecule has 1 unspecified atom stereocenters. The van der Waals surface area contributed by atoms with Gasteiger partial charge in [-0.2, -0.15) is 0 Å². The van der Waals surface area contributed by atoms with Crippen molar-refractivity contribution in [2.24, 2.45) is 5.92 Å². The summed E-state index contributed by atoms with van der Waals surface area (Å²) in [6.07, 6.45) is 5.19. The molecule has 2 rings (SSSR count). The molecule has 4 nitrogen and oxygen atoms in total. The predicted molar refractivity (Wildman–Crippen MR) is 48.5 cm³/mol. The van der Waals surface area contributed by atoms with Crippen molar-refractivity contribution in [2.45, 2.75) is 18.6 Å². The summed E-state index contributed by atoms with van der Waals surface area (Å²) < 4.78 is 15.6. The molecule has 0 bridgehead atoms. The van der Waals surface area contributed by atoms with Crippen LogP contribution in [0, 0.1) is 5.92 Å². The SMILES string of the molecule is COC(=O)/C=C/C1CCC12OCCO2. The molecule has 0 aromatic rings. The normalized spacial score (nSPS) is 29.4. The third-order valence-electron chi connectivity index (χ3n) is 2.81. The number of carbonyl (C=O) groups is 1. The first-order chi connectivity index (χ1) is 6.77. The first-order valence-corrected chi connectivity index (χ1v) is 4.81. The number of methoxy groups -OCH3 is 1. The van der Waals surface area contributed by atoms with E-state index in [1.807, 2.05) is 6.08 Å². The van der Waals surface area contributed by atoms with Crippen molar-refractivity contribution in [1.82, 2.24) is 0 Å². The smallest absolute Gasteiger partial charge is 0.330 e. The highest BCUT2D eigenvalue weighted by molar-refractivity contribution is 5.81. The highest BCUT2D eigenvalue weighted by Crippen LogP contribution is 2.45. The number of ether oxygens (including phenoxy) is 3. The monoisotopic (exact) mass is 198 g/mol. The van der Waals surface area contributed by atoms with Crippen LogP contribution in [0.5, 0.6) is 0 Å². The number of hydrogen-bond acceptors (Lipinski definition) is 4. The summed E-state index contributed by atoms with van der Waals surface area (Å²) in [4.78, 5) is 10.9. The van der Waals surface area contributed by atoms with E-state index in [4.69, 9.17) is 9.47 Å². The van der Waals surface area contributed by atoms with Crippen molar-refractivity contribution in [1.29, 1.82) is 0 Å². The fourth-order valence-corrected chi connectivity index (χ4v) is 1.88. The van der Waals surface area contributed by atoms with E-state index < -0.39 is 5.79 Å². The number of rotatable bonds is 2. The van der Waals surface area contributed by atoms with Crippen LogP contribution < -0.4 is 0 Å². The Morgan fingerprint density at radius 2 is 2.21 bits per heavy atom. The number of hydrogen-bond donors (Lipinski definition) is 0. The lowest BCUT2D eigenvalue weighted by atomic mass is 9.78. The number of carbonyl (C=O) groups excluding carboxylic acids is 1. The van der Waals surface area contributed by atoms with Crippen LogP contribution in [0.4, 0.5) is 0 Å². The zero-order valence-corrected chi connectivity index (χ0v) is 8.19. The van der Waals surface area contributed by atoms with Crippen LogP contribution in [-0.2, 0) is 19.0 Å². The minimum Gasteiger partial charge on any atom is -0.466 e. The van der Waals surface area contributed by atoms with Gasteiger partial charge in [0, 0.05) is 18.4 Å². The molecular formula is C10H14O4. The van der Waals surface area contributed by atoms with Gasteiger partial charge >= 0.3 is 5.97 Å². The summed E-state index contributed by atoms with van der Waals surface area (Å²) in [5.74, 6) is -0.556. The van der Waals surface area contributed by atoms with Gasteiger partial charge in [-0.1, -0.05) is 6.08 Å². The van der Waals surface area contributed by atoms with Crippen LogP contribution >= 0.6 is 0 Å². The van der Waals surface area contributed by atoms with Crippen molar-refractivity contribution in [3.8, 4) is 0 Å². The van der Waals surface area contributed by atoms with E-state index in [2.05, 4.69) is 4.74 Å². The van der Waals surface area contributed by atoms with Crippen molar-refractivity contribution in [2.75, 3.05) is 20.3 Å². The molecule has 78 valence electrons. The van der Waals surface area contributed by atoms with Crippen molar-refractivity contribution in [3.05, 3.63) is 12.2 Å². The minimum absolute atomic E-state index is 0.198. The molecule has 1 spiro atoms. The lowest BCUT2D eigenvalue weighted by Gasteiger charge is -2.43. The van der Waals surface area contributed by atoms with Gasteiger partial charge in [0.05, 0.1) is 20.3 Å². The summed E-state index contributed by atoms with van der Waals surface area (Å²) >= 11 is 0. The molecule has 0 amide bonds. The second-order valence-corrected chi connectivity index (χ2v) is 3.54. The summed E-state index contributed by atoms with van der Waals surface area (Å²) in [6, 6.07) is 0. The lowest BCUT2D eigenvalue weighted by Crippen LogP contribution is -2.47. The third-order valence-corrected chi connectivity index (χ3v) is 2.81. The van der Waals surface area contributed by atoms with Crippen LogP contribution in [-0.4, -0.2) is 32.1 Å². The predicted octanol–water partition coefficient (Wildman–Crippen LogP) is 0.869. The zero-order valence-electron chi connectivity index (χ0n) is 8.19. The average molecular weight is 198 g/mol. The van der Waals surface area contributed by atoms with E-state index in [1.165, 1.54) is 13.2 Å². The Labute approximate surface area is 82.8 Å². The molecule has 1 heterocycles. The Bertz CT molecular complexity index is 253. The average Bonchev–Trinajstić information content (AvgIpc) is 2.67. The fourth-order valence-electron chi connectivity index (χ4n) is 1.88. The fraction of sp³-hybridized carbons (Fsp3) is 0.700. The Kier molecular flexibility index (Phi) is 2.56. The third kappa shape index (κ3) is 1.55. The van der Waals surface area contributed by atoms with E-state index in [0.29, 0.717) is 13.2 Å². The van der Waals surface area contributed by atoms with Crippen LogP contribution in [0.3, 0.4) is 0 Å². The highest BCUT2D eigenvalue weighted by Gasteiger charge is 2.50. The summed E-state index contributed by atoms with van der Waals surface area (Å²) in [5, 5.41) is 0. The lowest BCUT2D eigenvalue weighted by molar-refractivity contribution is -0.234. The largest absolute Gasteiger partial charge is 0.466 e. The summed E-state index contributed by atoms with van der Waals surface area (Å²) in [5.41, 5.74) is 0. The van der Waals surface area contributed by atoms with Gasteiger partial charge in [-0.05, 0) is 6.42 Å². The summed E-state index contributed by atoms with van der Waals surface area (Å²) in [7, 11) is 1.37. The van der Waals surface area contributed by atoms with Crippen molar-refractivity contribution >= 4 is 5.97 Å². The number of esters is 1. The van der Waals surface area contributed by atoms with E-state index >= 15 is 0 Å². The van der Waals surface area contributed by atoms with Gasteiger partial charge in [-0.25, -0.2) is 4.79 Å². The van der Waals surface area contributed by atoms with Gasteiger partial charge in [0.1, 0.15) is 0 Å². The second kappa shape index (κ2) is 3.71. The molecule has 1 atom stereocenters. The van der Waals surface area contributed by atoms with Crippen LogP contribution in [0.25, 0.3) is 0 Å². The zero-order chi connectivity index (χ0) is 10.0. The Morgan fingerprint density at radius 3 is 2.71 bits per heavy atom. The van der Waals surface area contributed by atoms with Gasteiger partial charge in [-0.15, -0.1) is 0 Å². The molecule has 4 heteroatoms. The van der Waals surface area contributed by atoms with Gasteiger partial charge in [0.25, 0.3) is 0 Å². The van der Waals surface area contributed by atoms with Gasteiger partial charge in [-0.3, -0.25) is 0 Å². The van der Waals surface area contributed by atoms with E-state index in [9.17, 15) is 4.79 Å². The Morgan fingerprint density at radius 1 is 1.50 bits per heavy atom. The molecule has 1 saturated carbocycles. The molecule has 0 N–H and O–H groups in total. The van der Waals surface area contributed by atoms with Gasteiger partial charge in [0.15, 0.2) is 5.79 Å². The van der Waals surface area contributed by atoms with Crippen molar-refractivity contribution < 1.29 is 19.0 Å². The maximum atomic E-state index is 10.9. The topological polar surface area (TPSA) is 44.8 Å². The first kappa shape index (κ1) is 9.68. The van der Waals surface area contributed by atoms with Crippen LogP contribution in [0.15, 0.2) is 12.2 Å². The molecule has 0 aromatic heterocycles. The van der Waals surface area contributed by atoms with Gasteiger partial charge < -0.3 is 14.2 Å². The standard InChI is InChI=1S/C10H14O4/c1-12-9(11)3-2-8-4-5-10(8)13-6-7-14-10/h2-3,8H,4-7H2,1H3/b3-2+. The second-order valence-electron chi connectivity index (χ2n) is 3.54. The Hall–Kier alpha value is -0.870. The van der Waals surface area contributed by atoms with Crippen LogP contribution in [0.1, 0.15) is 12.8 Å². The molecule has 0 radical (unpaired) electrons. The molecule has 1 aliphatic carbocycles. The molecule has 2 aliphatic rings. The maximum Gasteiger partial charge on any atom is 0.330 e. The van der Waals surface area contributed by atoms with E-state index in [-0.39, 0.29) is 11.9 Å². The first-order valence-electron chi connectivity index (χ1n) is 4.81. The van der Waals surface area contributed by atoms with E-state index in [1.54, 1.807) is 0 Å². The van der Waals surface area contributed by atoms with Gasteiger partial charge in [0.2, 0.25) is 0 Å². The van der Waals surface area contributed by atoms with Crippen LogP contribution in [0.2, 0.25) is 0 Å². The highest BCUT2D eigenvalue weighted by atomic mass is 16.7. The Balaban J connectivity index is 1.93. The van der Waals surface area contributed by atoms with E-state index in [0.717, 1.165) is 12.8 Å². The maximum absolute atomic E-state index is 10.9. The minimum atomic E-state index is -0.426. The summed E-state index contributed by atoms with van der Waals surface area (Å²) in [6.45, 7) is 1.31. The quantitative estimate of drug-likeness (QED) is 0.488. The molecule has 0 aromatic carbocycles.